The summed E-state index contributed by atoms with van der Waals surface area (Å²) >= 11 is 0. The van der Waals surface area contributed by atoms with Crippen molar-refractivity contribution in [2.45, 2.75) is 32.7 Å². The third kappa shape index (κ3) is 2.56. The summed E-state index contributed by atoms with van der Waals surface area (Å²) < 4.78 is 0. The van der Waals surface area contributed by atoms with E-state index in [0.717, 1.165) is 16.7 Å². The third-order valence-electron chi connectivity index (χ3n) is 3.76. The lowest BCUT2D eigenvalue weighted by Gasteiger charge is -2.40. The van der Waals surface area contributed by atoms with Gasteiger partial charge in [0.25, 0.3) is 0 Å². The Hall–Kier alpha value is -1.61. The largest absolute Gasteiger partial charge is 0.387 e. The van der Waals surface area contributed by atoms with Crippen LogP contribution in [0.4, 0.5) is 0 Å². The van der Waals surface area contributed by atoms with Crippen LogP contribution in [0.15, 0.2) is 24.8 Å². The molecule has 19 heavy (non-hydrogen) atoms. The van der Waals surface area contributed by atoms with Gasteiger partial charge in [-0.05, 0) is 29.7 Å². The Morgan fingerprint density at radius 1 is 1.47 bits per heavy atom. The lowest BCUT2D eigenvalue weighted by Crippen LogP contribution is -2.46. The molecule has 1 aliphatic rings. The van der Waals surface area contributed by atoms with E-state index in [0.29, 0.717) is 13.1 Å². The summed E-state index contributed by atoms with van der Waals surface area (Å²) in [5.41, 5.74) is 4.46. The zero-order chi connectivity index (χ0) is 14.2. The normalized spacial score (nSPS) is 16.9. The first-order chi connectivity index (χ1) is 8.85. The van der Waals surface area contributed by atoms with Crippen molar-refractivity contribution >= 4 is 11.5 Å². The Labute approximate surface area is 114 Å². The van der Waals surface area contributed by atoms with Crippen LogP contribution in [0, 0.1) is 0 Å². The van der Waals surface area contributed by atoms with E-state index in [1.807, 2.05) is 6.92 Å². The van der Waals surface area contributed by atoms with Crippen molar-refractivity contribution in [2.24, 2.45) is 0 Å². The van der Waals surface area contributed by atoms with Gasteiger partial charge in [-0.3, -0.25) is 4.79 Å². The first-order valence-electron chi connectivity index (χ1n) is 6.53. The van der Waals surface area contributed by atoms with E-state index in [9.17, 15) is 4.79 Å². The maximum Gasteiger partial charge on any atom is 0.248 e. The van der Waals surface area contributed by atoms with Crippen LogP contribution in [0.2, 0.25) is 0 Å². The van der Waals surface area contributed by atoms with E-state index in [2.05, 4.69) is 38.6 Å². The van der Waals surface area contributed by atoms with Crippen molar-refractivity contribution in [3.05, 3.63) is 41.5 Å². The van der Waals surface area contributed by atoms with Crippen LogP contribution in [0.3, 0.4) is 0 Å². The second-order valence-electron chi connectivity index (χ2n) is 5.94. The Bertz CT molecular complexity index is 532. The summed E-state index contributed by atoms with van der Waals surface area (Å²) in [6, 6.07) is 6.34. The SMILES string of the molecule is C=C(C)c1ccc2c(c1)CN(C(=O)CO)CC2(C)C. The molecule has 1 aliphatic heterocycles. The molecule has 0 unspecified atom stereocenters. The van der Waals surface area contributed by atoms with Crippen LogP contribution < -0.4 is 0 Å². The molecule has 1 N–H and O–H groups in total. The minimum absolute atomic E-state index is 0.0913. The molecule has 1 aromatic carbocycles. The van der Waals surface area contributed by atoms with Gasteiger partial charge in [0.2, 0.25) is 5.91 Å². The maximum absolute atomic E-state index is 11.7. The summed E-state index contributed by atoms with van der Waals surface area (Å²) in [5.74, 6) is -0.209. The molecule has 1 heterocycles. The maximum atomic E-state index is 11.7. The van der Waals surface area contributed by atoms with E-state index in [1.54, 1.807) is 4.90 Å². The summed E-state index contributed by atoms with van der Waals surface area (Å²) in [4.78, 5) is 13.5. The fraction of sp³-hybridized carbons (Fsp3) is 0.438. The average molecular weight is 259 g/mol. The van der Waals surface area contributed by atoms with Crippen LogP contribution in [-0.4, -0.2) is 29.1 Å². The highest BCUT2D eigenvalue weighted by molar-refractivity contribution is 5.78. The van der Waals surface area contributed by atoms with Crippen molar-refractivity contribution in [3.63, 3.8) is 0 Å². The number of hydrogen-bond acceptors (Lipinski definition) is 2. The molecular formula is C16H21NO2. The summed E-state index contributed by atoms with van der Waals surface area (Å²) in [5, 5.41) is 9.04. The zero-order valence-electron chi connectivity index (χ0n) is 11.9. The topological polar surface area (TPSA) is 40.5 Å². The molecule has 0 radical (unpaired) electrons. The molecule has 3 heteroatoms. The van der Waals surface area contributed by atoms with Crippen LogP contribution >= 0.6 is 0 Å². The summed E-state index contributed by atoms with van der Waals surface area (Å²) in [7, 11) is 0. The molecule has 0 saturated carbocycles. The lowest BCUT2D eigenvalue weighted by atomic mass is 9.77. The van der Waals surface area contributed by atoms with Crippen LogP contribution in [0.1, 0.15) is 37.5 Å². The minimum Gasteiger partial charge on any atom is -0.387 e. The van der Waals surface area contributed by atoms with Crippen LogP contribution in [-0.2, 0) is 16.8 Å². The molecule has 0 spiro atoms. The van der Waals surface area contributed by atoms with Crippen molar-refractivity contribution in [1.29, 1.82) is 0 Å². The third-order valence-corrected chi connectivity index (χ3v) is 3.76. The van der Waals surface area contributed by atoms with E-state index < -0.39 is 6.61 Å². The van der Waals surface area contributed by atoms with E-state index in [-0.39, 0.29) is 11.3 Å². The van der Waals surface area contributed by atoms with Crippen LogP contribution in [0.25, 0.3) is 5.57 Å². The Kier molecular flexibility index (Phi) is 3.50. The quantitative estimate of drug-likeness (QED) is 0.885. The average Bonchev–Trinajstić information content (AvgIpc) is 2.36. The van der Waals surface area contributed by atoms with Gasteiger partial charge in [0.05, 0.1) is 0 Å². The number of amides is 1. The number of rotatable bonds is 2. The highest BCUT2D eigenvalue weighted by Crippen LogP contribution is 2.34. The van der Waals surface area contributed by atoms with Crippen molar-refractivity contribution in [2.75, 3.05) is 13.2 Å². The number of nitrogens with zero attached hydrogens (tertiary/aromatic N) is 1. The number of fused-ring (bicyclic) bond motifs is 1. The van der Waals surface area contributed by atoms with Gasteiger partial charge in [0.1, 0.15) is 6.61 Å². The summed E-state index contributed by atoms with van der Waals surface area (Å²) in [6.07, 6.45) is 0. The molecule has 0 saturated heterocycles. The fourth-order valence-electron chi connectivity index (χ4n) is 2.75. The standard InChI is InChI=1S/C16H21NO2/c1-11(2)12-5-6-14-13(7-12)8-17(15(19)9-18)10-16(14,3)4/h5-7,18H,1,8-10H2,2-4H3. The van der Waals surface area contributed by atoms with E-state index in [4.69, 9.17) is 5.11 Å². The van der Waals surface area contributed by atoms with Gasteiger partial charge >= 0.3 is 0 Å². The minimum atomic E-state index is -0.425. The molecular weight excluding hydrogens is 238 g/mol. The number of aliphatic hydroxyl groups is 1. The molecule has 0 bridgehead atoms. The molecule has 0 fully saturated rings. The van der Waals surface area contributed by atoms with Gasteiger partial charge in [0, 0.05) is 18.5 Å². The van der Waals surface area contributed by atoms with Gasteiger partial charge in [-0.25, -0.2) is 0 Å². The number of benzene rings is 1. The fourth-order valence-corrected chi connectivity index (χ4v) is 2.75. The van der Waals surface area contributed by atoms with Gasteiger partial charge in [0.15, 0.2) is 0 Å². The zero-order valence-corrected chi connectivity index (χ0v) is 11.9. The second kappa shape index (κ2) is 4.82. The molecule has 0 aromatic heterocycles. The predicted molar refractivity (Wildman–Crippen MR) is 76.7 cm³/mol. The van der Waals surface area contributed by atoms with Gasteiger partial charge < -0.3 is 10.0 Å². The lowest BCUT2D eigenvalue weighted by molar-refractivity contribution is -0.136. The number of carbonyl (C=O) groups is 1. The Balaban J connectivity index is 2.44. The van der Waals surface area contributed by atoms with Gasteiger partial charge in [-0.2, -0.15) is 0 Å². The van der Waals surface area contributed by atoms with Crippen LogP contribution in [0.5, 0.6) is 0 Å². The number of allylic oxidation sites excluding steroid dienone is 1. The molecule has 1 aromatic rings. The monoisotopic (exact) mass is 259 g/mol. The molecule has 102 valence electrons. The first-order valence-corrected chi connectivity index (χ1v) is 6.53. The smallest absolute Gasteiger partial charge is 0.248 e. The number of hydrogen-bond donors (Lipinski definition) is 1. The highest BCUT2D eigenvalue weighted by atomic mass is 16.3. The van der Waals surface area contributed by atoms with Crippen molar-refractivity contribution in [1.82, 2.24) is 4.90 Å². The predicted octanol–water partition coefficient (Wildman–Crippen LogP) is 2.33. The van der Waals surface area contributed by atoms with Gasteiger partial charge in [-0.15, -0.1) is 0 Å². The van der Waals surface area contributed by atoms with E-state index in [1.165, 1.54) is 5.56 Å². The Morgan fingerprint density at radius 3 is 2.74 bits per heavy atom. The number of carbonyl (C=O) groups excluding carboxylic acids is 1. The van der Waals surface area contributed by atoms with Gasteiger partial charge in [-0.1, -0.05) is 38.1 Å². The van der Waals surface area contributed by atoms with Crippen molar-refractivity contribution < 1.29 is 9.90 Å². The molecule has 1 amide bonds. The molecule has 0 atom stereocenters. The van der Waals surface area contributed by atoms with Crippen molar-refractivity contribution in [3.8, 4) is 0 Å². The summed E-state index contributed by atoms with van der Waals surface area (Å²) in [6.45, 7) is 11.0. The highest BCUT2D eigenvalue weighted by Gasteiger charge is 2.33. The van der Waals surface area contributed by atoms with E-state index >= 15 is 0 Å². The number of aliphatic hydroxyl groups excluding tert-OH is 1. The molecule has 3 nitrogen and oxygen atoms in total. The molecule has 2 rings (SSSR count). The Morgan fingerprint density at radius 2 is 2.16 bits per heavy atom. The second-order valence-corrected chi connectivity index (χ2v) is 5.94. The molecule has 0 aliphatic carbocycles. The first kappa shape index (κ1) is 13.8.